The Bertz CT molecular complexity index is 919. The molecule has 156 valence electrons. The molecule has 2 aromatic rings. The first-order valence-corrected chi connectivity index (χ1v) is 10.2. The fourth-order valence-corrected chi connectivity index (χ4v) is 3.72. The third-order valence-electron chi connectivity index (χ3n) is 5.36. The summed E-state index contributed by atoms with van der Waals surface area (Å²) < 4.78 is 16.5. The molecule has 6 nitrogen and oxygen atoms in total. The van der Waals surface area contributed by atoms with Gasteiger partial charge >= 0.3 is 5.97 Å². The lowest BCUT2D eigenvalue weighted by Crippen LogP contribution is -2.40. The lowest BCUT2D eigenvalue weighted by molar-refractivity contribution is -0.150. The minimum absolute atomic E-state index is 0.0451. The molecule has 1 saturated heterocycles. The Kier molecular flexibility index (Phi) is 6.62. The molecule has 0 spiro atoms. The van der Waals surface area contributed by atoms with Crippen molar-refractivity contribution in [1.29, 1.82) is 0 Å². The van der Waals surface area contributed by atoms with Gasteiger partial charge in [-0.15, -0.1) is 0 Å². The average molecular weight is 399 g/mol. The smallest absolute Gasteiger partial charge is 0.309 e. The fourth-order valence-electron chi connectivity index (χ4n) is 3.72. The largest absolute Gasteiger partial charge is 0.493 e. The molecule has 0 saturated carbocycles. The molecule has 0 atom stereocenters. The predicted octanol–water partition coefficient (Wildman–Crippen LogP) is 4.34. The summed E-state index contributed by atoms with van der Waals surface area (Å²) >= 11 is 0. The Morgan fingerprint density at radius 3 is 2.59 bits per heavy atom. The lowest BCUT2D eigenvalue weighted by atomic mass is 9.96. The molecule has 0 radical (unpaired) electrons. The van der Waals surface area contributed by atoms with E-state index in [0.717, 1.165) is 27.7 Å². The summed E-state index contributed by atoms with van der Waals surface area (Å²) in [6.45, 7) is 9.69. The van der Waals surface area contributed by atoms with Crippen molar-refractivity contribution >= 4 is 28.4 Å². The summed E-state index contributed by atoms with van der Waals surface area (Å²) in [5.74, 6) is 0.393. The molecule has 0 unspecified atom stereocenters. The number of ether oxygens (including phenoxy) is 2. The van der Waals surface area contributed by atoms with E-state index < -0.39 is 0 Å². The number of likely N-dealkylation sites (tertiary alicyclic amines) is 1. The van der Waals surface area contributed by atoms with E-state index >= 15 is 0 Å². The van der Waals surface area contributed by atoms with Crippen LogP contribution in [0.5, 0.6) is 5.75 Å². The van der Waals surface area contributed by atoms with Gasteiger partial charge in [0.1, 0.15) is 11.3 Å². The maximum Gasteiger partial charge on any atom is 0.309 e. The molecule has 3 rings (SSSR count). The monoisotopic (exact) mass is 399 g/mol. The van der Waals surface area contributed by atoms with Crippen LogP contribution >= 0.6 is 0 Å². The van der Waals surface area contributed by atoms with Crippen LogP contribution in [0.1, 0.15) is 44.7 Å². The van der Waals surface area contributed by atoms with Crippen LogP contribution in [0.15, 0.2) is 28.9 Å². The molecule has 1 aromatic carbocycles. The van der Waals surface area contributed by atoms with E-state index in [0.29, 0.717) is 44.9 Å². The van der Waals surface area contributed by atoms with Gasteiger partial charge in [-0.3, -0.25) is 9.59 Å². The van der Waals surface area contributed by atoms with E-state index in [2.05, 4.69) is 0 Å². The van der Waals surface area contributed by atoms with Crippen LogP contribution < -0.4 is 4.74 Å². The number of allylic oxidation sites excluding steroid dienone is 1. The maximum absolute atomic E-state index is 12.8. The van der Waals surface area contributed by atoms with Gasteiger partial charge in [0.05, 0.1) is 25.4 Å². The number of rotatable bonds is 6. The van der Waals surface area contributed by atoms with Gasteiger partial charge < -0.3 is 18.8 Å². The van der Waals surface area contributed by atoms with Gasteiger partial charge in [-0.2, -0.15) is 0 Å². The Hall–Kier alpha value is -2.76. The number of benzene rings is 1. The lowest BCUT2D eigenvalue weighted by Gasteiger charge is -2.30. The second-order valence-electron chi connectivity index (χ2n) is 7.38. The highest BCUT2D eigenvalue weighted by atomic mass is 16.5. The van der Waals surface area contributed by atoms with Crippen LogP contribution in [-0.2, 0) is 14.3 Å². The summed E-state index contributed by atoms with van der Waals surface area (Å²) in [7, 11) is 0. The van der Waals surface area contributed by atoms with Crippen LogP contribution in [-0.4, -0.2) is 43.1 Å². The summed E-state index contributed by atoms with van der Waals surface area (Å²) in [5.41, 5.74) is 3.55. The highest BCUT2D eigenvalue weighted by Crippen LogP contribution is 2.33. The van der Waals surface area contributed by atoms with Crippen LogP contribution in [0.2, 0.25) is 0 Å². The highest BCUT2D eigenvalue weighted by Gasteiger charge is 2.27. The molecule has 6 heteroatoms. The van der Waals surface area contributed by atoms with Gasteiger partial charge in [-0.25, -0.2) is 0 Å². The SMILES string of the molecule is CCOC(=O)C1CCN(C(=O)/C=C(\C)c2cc3c(C)coc3cc2OCC)CC1. The zero-order chi connectivity index (χ0) is 21.0. The van der Waals surface area contributed by atoms with Crippen molar-refractivity contribution in [1.82, 2.24) is 4.90 Å². The van der Waals surface area contributed by atoms with Crippen molar-refractivity contribution in [3.63, 3.8) is 0 Å². The average Bonchev–Trinajstić information content (AvgIpc) is 3.07. The summed E-state index contributed by atoms with van der Waals surface area (Å²) in [5, 5.41) is 1.01. The molecule has 1 aromatic heterocycles. The molecule has 2 heterocycles. The number of aryl methyl sites for hydroxylation is 1. The zero-order valence-corrected chi connectivity index (χ0v) is 17.6. The third kappa shape index (κ3) is 4.63. The Morgan fingerprint density at radius 2 is 1.93 bits per heavy atom. The number of hydrogen-bond donors (Lipinski definition) is 0. The number of carbonyl (C=O) groups is 2. The van der Waals surface area contributed by atoms with Crippen molar-refractivity contribution in [2.75, 3.05) is 26.3 Å². The van der Waals surface area contributed by atoms with Gasteiger partial charge in [-0.05, 0) is 57.7 Å². The van der Waals surface area contributed by atoms with Gasteiger partial charge in [0.25, 0.3) is 0 Å². The first-order chi connectivity index (χ1) is 13.9. The molecule has 1 amide bonds. The molecular formula is C23H29NO5. The highest BCUT2D eigenvalue weighted by molar-refractivity contribution is 5.97. The molecule has 1 aliphatic heterocycles. The normalized spacial score (nSPS) is 15.6. The molecule has 0 N–H and O–H groups in total. The second kappa shape index (κ2) is 9.16. The van der Waals surface area contributed by atoms with E-state index in [9.17, 15) is 9.59 Å². The summed E-state index contributed by atoms with van der Waals surface area (Å²) in [6.07, 6.45) is 4.66. The maximum atomic E-state index is 12.8. The summed E-state index contributed by atoms with van der Waals surface area (Å²) in [6, 6.07) is 3.90. The number of amides is 1. The molecule has 0 bridgehead atoms. The number of piperidine rings is 1. The fraction of sp³-hybridized carbons (Fsp3) is 0.478. The minimum Gasteiger partial charge on any atom is -0.493 e. The van der Waals surface area contributed by atoms with Crippen molar-refractivity contribution in [3.05, 3.63) is 35.6 Å². The van der Waals surface area contributed by atoms with E-state index in [1.165, 1.54) is 0 Å². The molecule has 1 fully saturated rings. The quantitative estimate of drug-likeness (QED) is 0.534. The van der Waals surface area contributed by atoms with Crippen molar-refractivity contribution in [3.8, 4) is 5.75 Å². The first kappa shape index (κ1) is 21.0. The Morgan fingerprint density at radius 1 is 1.21 bits per heavy atom. The van der Waals surface area contributed by atoms with Gasteiger partial charge in [0, 0.05) is 36.2 Å². The van der Waals surface area contributed by atoms with Crippen LogP contribution in [0, 0.1) is 12.8 Å². The van der Waals surface area contributed by atoms with Crippen LogP contribution in [0.3, 0.4) is 0 Å². The second-order valence-corrected chi connectivity index (χ2v) is 7.38. The van der Waals surface area contributed by atoms with Crippen molar-refractivity contribution < 1.29 is 23.5 Å². The van der Waals surface area contributed by atoms with Crippen LogP contribution in [0.4, 0.5) is 0 Å². The standard InChI is InChI=1S/C23H29NO5/c1-5-27-20-13-21-19(16(4)14-29-21)12-18(20)15(3)11-22(25)24-9-7-17(8-10-24)23(26)28-6-2/h11-14,17H,5-10H2,1-4H3/b15-11+. The Labute approximate surface area is 171 Å². The van der Waals surface area contributed by atoms with E-state index in [1.54, 1.807) is 17.2 Å². The number of esters is 1. The molecule has 0 aliphatic carbocycles. The van der Waals surface area contributed by atoms with E-state index in [-0.39, 0.29) is 17.8 Å². The number of hydrogen-bond acceptors (Lipinski definition) is 5. The zero-order valence-electron chi connectivity index (χ0n) is 17.6. The van der Waals surface area contributed by atoms with Gasteiger partial charge in [0.15, 0.2) is 0 Å². The van der Waals surface area contributed by atoms with Gasteiger partial charge in [-0.1, -0.05) is 0 Å². The van der Waals surface area contributed by atoms with Crippen molar-refractivity contribution in [2.24, 2.45) is 5.92 Å². The predicted molar refractivity (Wildman–Crippen MR) is 112 cm³/mol. The van der Waals surface area contributed by atoms with Gasteiger partial charge in [0.2, 0.25) is 5.91 Å². The summed E-state index contributed by atoms with van der Waals surface area (Å²) in [4.78, 5) is 26.5. The number of carbonyl (C=O) groups excluding carboxylic acids is 2. The topological polar surface area (TPSA) is 69.0 Å². The Balaban J connectivity index is 1.77. The number of nitrogens with zero attached hydrogens (tertiary/aromatic N) is 1. The number of fused-ring (bicyclic) bond motifs is 1. The van der Waals surface area contributed by atoms with Crippen molar-refractivity contribution in [2.45, 2.75) is 40.5 Å². The molecule has 1 aliphatic rings. The number of furan rings is 1. The molecule has 29 heavy (non-hydrogen) atoms. The molecular weight excluding hydrogens is 370 g/mol. The third-order valence-corrected chi connectivity index (χ3v) is 5.36. The first-order valence-electron chi connectivity index (χ1n) is 10.2. The minimum atomic E-state index is -0.156. The van der Waals surface area contributed by atoms with E-state index in [4.69, 9.17) is 13.9 Å². The van der Waals surface area contributed by atoms with E-state index in [1.807, 2.05) is 39.8 Å². The van der Waals surface area contributed by atoms with Crippen LogP contribution in [0.25, 0.3) is 16.5 Å².